The molecule has 0 bridgehead atoms. The fourth-order valence-electron chi connectivity index (χ4n) is 1.86. The number of aryl methyl sites for hydroxylation is 1. The first kappa shape index (κ1) is 15.2. The minimum atomic E-state index is 0.558. The van der Waals surface area contributed by atoms with E-state index in [0.717, 1.165) is 12.5 Å². The lowest BCUT2D eigenvalue weighted by atomic mass is 9.98. The van der Waals surface area contributed by atoms with Crippen molar-refractivity contribution in [3.05, 3.63) is 35.4 Å². The van der Waals surface area contributed by atoms with Gasteiger partial charge in [-0.2, -0.15) is 0 Å². The third kappa shape index (κ3) is 5.22. The van der Waals surface area contributed by atoms with E-state index in [0.29, 0.717) is 12.0 Å². The molecule has 1 atom stereocenters. The highest BCUT2D eigenvalue weighted by molar-refractivity contribution is 5.26. The standard InChI is InChI=1S/C17H28N/c1-13(2)10-11-16-8-6-7-9-17(16)12-18-15(5)14(3)4/h6,8-9,13-15,18H,10-12H2,1-5H3. The average molecular weight is 246 g/mol. The van der Waals surface area contributed by atoms with E-state index in [1.165, 1.54) is 24.0 Å². The smallest absolute Gasteiger partial charge is 0.0211 e. The van der Waals surface area contributed by atoms with Crippen LogP contribution in [-0.4, -0.2) is 6.04 Å². The van der Waals surface area contributed by atoms with Crippen LogP contribution in [0.15, 0.2) is 18.2 Å². The molecule has 1 rings (SSSR count). The molecular weight excluding hydrogens is 218 g/mol. The van der Waals surface area contributed by atoms with Gasteiger partial charge >= 0.3 is 0 Å². The molecule has 1 aromatic carbocycles. The second kappa shape index (κ2) is 7.58. The topological polar surface area (TPSA) is 12.0 Å². The van der Waals surface area contributed by atoms with Crippen LogP contribution >= 0.6 is 0 Å². The maximum absolute atomic E-state index is 3.61. The Morgan fingerprint density at radius 3 is 2.44 bits per heavy atom. The summed E-state index contributed by atoms with van der Waals surface area (Å²) in [6, 6.07) is 10.1. The first-order valence-electron chi connectivity index (χ1n) is 7.22. The molecule has 0 aliphatic heterocycles. The molecule has 0 heterocycles. The van der Waals surface area contributed by atoms with Gasteiger partial charge in [0, 0.05) is 12.6 Å². The molecule has 1 N–H and O–H groups in total. The van der Waals surface area contributed by atoms with Crippen LogP contribution in [0.2, 0.25) is 0 Å². The minimum Gasteiger partial charge on any atom is -0.310 e. The summed E-state index contributed by atoms with van der Waals surface area (Å²) in [7, 11) is 0. The Hall–Kier alpha value is -0.820. The molecule has 1 radical (unpaired) electrons. The third-order valence-electron chi connectivity index (χ3n) is 3.66. The number of rotatable bonds is 7. The lowest BCUT2D eigenvalue weighted by molar-refractivity contribution is 0.425. The third-order valence-corrected chi connectivity index (χ3v) is 3.66. The van der Waals surface area contributed by atoms with E-state index < -0.39 is 0 Å². The van der Waals surface area contributed by atoms with Gasteiger partial charge in [-0.25, -0.2) is 0 Å². The summed E-state index contributed by atoms with van der Waals surface area (Å²) < 4.78 is 0. The molecular formula is C17H28N. The predicted octanol–water partition coefficient (Wildman–Crippen LogP) is 4.21. The Labute approximate surface area is 113 Å². The normalized spacial score (nSPS) is 13.3. The average Bonchev–Trinajstić information content (AvgIpc) is 2.34. The van der Waals surface area contributed by atoms with Gasteiger partial charge in [-0.1, -0.05) is 39.8 Å². The van der Waals surface area contributed by atoms with Crippen LogP contribution in [0.3, 0.4) is 0 Å². The minimum absolute atomic E-state index is 0.558. The first-order chi connectivity index (χ1) is 8.50. The molecule has 0 amide bonds. The van der Waals surface area contributed by atoms with Crippen molar-refractivity contribution in [2.45, 2.75) is 60.0 Å². The summed E-state index contributed by atoms with van der Waals surface area (Å²) in [4.78, 5) is 0. The Bertz CT molecular complexity index is 341. The van der Waals surface area contributed by atoms with Gasteiger partial charge in [-0.15, -0.1) is 0 Å². The van der Waals surface area contributed by atoms with Gasteiger partial charge in [0.05, 0.1) is 0 Å². The van der Waals surface area contributed by atoms with Gasteiger partial charge < -0.3 is 5.32 Å². The van der Waals surface area contributed by atoms with E-state index in [9.17, 15) is 0 Å². The quantitative estimate of drug-likeness (QED) is 0.760. The van der Waals surface area contributed by atoms with Gasteiger partial charge in [-0.05, 0) is 54.9 Å². The van der Waals surface area contributed by atoms with Gasteiger partial charge in [0.15, 0.2) is 0 Å². The highest BCUT2D eigenvalue weighted by Crippen LogP contribution is 2.14. The molecule has 1 aromatic rings. The summed E-state index contributed by atoms with van der Waals surface area (Å²) in [5.41, 5.74) is 2.89. The summed E-state index contributed by atoms with van der Waals surface area (Å²) in [5.74, 6) is 1.45. The summed E-state index contributed by atoms with van der Waals surface area (Å²) in [6.45, 7) is 12.3. The Balaban J connectivity index is 2.58. The first-order valence-corrected chi connectivity index (χ1v) is 7.22. The summed E-state index contributed by atoms with van der Waals surface area (Å²) in [6.07, 6.45) is 2.44. The molecule has 0 saturated carbocycles. The van der Waals surface area contributed by atoms with Crippen molar-refractivity contribution >= 4 is 0 Å². The van der Waals surface area contributed by atoms with E-state index in [-0.39, 0.29) is 0 Å². The lowest BCUT2D eigenvalue weighted by Crippen LogP contribution is -2.30. The maximum atomic E-state index is 3.61. The zero-order valence-electron chi connectivity index (χ0n) is 12.6. The van der Waals surface area contributed by atoms with E-state index >= 15 is 0 Å². The van der Waals surface area contributed by atoms with Crippen LogP contribution in [-0.2, 0) is 13.0 Å². The Kier molecular flexibility index (Phi) is 6.42. The molecule has 101 valence electrons. The fraction of sp³-hybridized carbons (Fsp3) is 0.647. The van der Waals surface area contributed by atoms with E-state index in [1.807, 2.05) is 6.07 Å². The van der Waals surface area contributed by atoms with Crippen molar-refractivity contribution in [3.8, 4) is 0 Å². The maximum Gasteiger partial charge on any atom is 0.0211 e. The van der Waals surface area contributed by atoms with Gasteiger partial charge in [-0.3, -0.25) is 0 Å². The van der Waals surface area contributed by atoms with E-state index in [2.05, 4.69) is 58.1 Å². The fourth-order valence-corrected chi connectivity index (χ4v) is 1.86. The summed E-state index contributed by atoms with van der Waals surface area (Å²) >= 11 is 0. The molecule has 0 fully saturated rings. The molecule has 1 nitrogen and oxygen atoms in total. The molecule has 1 unspecified atom stereocenters. The zero-order valence-corrected chi connectivity index (χ0v) is 12.6. The largest absolute Gasteiger partial charge is 0.310 e. The van der Waals surface area contributed by atoms with E-state index in [1.54, 1.807) is 0 Å². The molecule has 0 saturated heterocycles. The SMILES string of the molecule is CC(C)CCc1cc[c]cc1CNC(C)C(C)C. The second-order valence-electron chi connectivity index (χ2n) is 6.04. The van der Waals surface area contributed by atoms with Crippen molar-refractivity contribution in [2.75, 3.05) is 0 Å². The highest BCUT2D eigenvalue weighted by atomic mass is 14.9. The van der Waals surface area contributed by atoms with Crippen LogP contribution in [0.5, 0.6) is 0 Å². The zero-order chi connectivity index (χ0) is 13.5. The van der Waals surface area contributed by atoms with Crippen LogP contribution in [0.4, 0.5) is 0 Å². The van der Waals surface area contributed by atoms with E-state index in [4.69, 9.17) is 0 Å². The van der Waals surface area contributed by atoms with Crippen molar-refractivity contribution in [3.63, 3.8) is 0 Å². The molecule has 0 aliphatic rings. The van der Waals surface area contributed by atoms with Gasteiger partial charge in [0.1, 0.15) is 0 Å². The molecule has 18 heavy (non-hydrogen) atoms. The number of nitrogens with one attached hydrogen (secondary N) is 1. The van der Waals surface area contributed by atoms with Crippen molar-refractivity contribution < 1.29 is 0 Å². The van der Waals surface area contributed by atoms with Crippen molar-refractivity contribution in [2.24, 2.45) is 11.8 Å². The van der Waals surface area contributed by atoms with Crippen LogP contribution < -0.4 is 5.32 Å². The predicted molar refractivity (Wildman–Crippen MR) is 79.6 cm³/mol. The Morgan fingerprint density at radius 1 is 1.11 bits per heavy atom. The molecule has 0 aliphatic carbocycles. The number of hydrogen-bond donors (Lipinski definition) is 1. The number of hydrogen-bond acceptors (Lipinski definition) is 1. The molecule has 0 spiro atoms. The molecule has 0 aromatic heterocycles. The second-order valence-corrected chi connectivity index (χ2v) is 6.04. The van der Waals surface area contributed by atoms with Crippen LogP contribution in [0.25, 0.3) is 0 Å². The van der Waals surface area contributed by atoms with Crippen molar-refractivity contribution in [1.29, 1.82) is 0 Å². The highest BCUT2D eigenvalue weighted by Gasteiger charge is 2.08. The van der Waals surface area contributed by atoms with Gasteiger partial charge in [0.2, 0.25) is 0 Å². The summed E-state index contributed by atoms with van der Waals surface area (Å²) in [5, 5.41) is 3.61. The molecule has 1 heteroatoms. The lowest BCUT2D eigenvalue weighted by Gasteiger charge is -2.19. The van der Waals surface area contributed by atoms with Crippen molar-refractivity contribution in [1.82, 2.24) is 5.32 Å². The van der Waals surface area contributed by atoms with Crippen LogP contribution in [0, 0.1) is 17.9 Å². The number of benzene rings is 1. The monoisotopic (exact) mass is 246 g/mol. The Morgan fingerprint density at radius 2 is 1.83 bits per heavy atom. The van der Waals surface area contributed by atoms with Gasteiger partial charge in [0.25, 0.3) is 0 Å². The van der Waals surface area contributed by atoms with Crippen LogP contribution in [0.1, 0.15) is 52.2 Å².